The first-order valence-electron chi connectivity index (χ1n) is 11.4. The van der Waals surface area contributed by atoms with Gasteiger partial charge in [-0.1, -0.05) is 18.6 Å². The van der Waals surface area contributed by atoms with Crippen LogP contribution in [-0.4, -0.2) is 38.1 Å². The van der Waals surface area contributed by atoms with Crippen molar-refractivity contribution < 1.29 is 14.7 Å². The molecule has 35 heavy (non-hydrogen) atoms. The van der Waals surface area contributed by atoms with Crippen molar-refractivity contribution in [2.75, 3.05) is 17.6 Å². The first-order chi connectivity index (χ1) is 16.7. The normalized spacial score (nSPS) is 15.5. The number of aliphatic carboxylic acids is 1. The van der Waals surface area contributed by atoms with Crippen LogP contribution < -0.4 is 21.9 Å². The van der Waals surface area contributed by atoms with Crippen molar-refractivity contribution in [1.29, 1.82) is 0 Å². The summed E-state index contributed by atoms with van der Waals surface area (Å²) in [4.78, 5) is 45.9. The largest absolute Gasteiger partial charge is 0.481 e. The Morgan fingerprint density at radius 3 is 2.60 bits per heavy atom. The Kier molecular flexibility index (Phi) is 6.92. The first kappa shape index (κ1) is 24.1. The molecule has 2 aromatic heterocycles. The number of aromatic nitrogens is 3. The van der Waals surface area contributed by atoms with Crippen LogP contribution in [0.15, 0.2) is 41.7 Å². The highest BCUT2D eigenvalue weighted by atomic mass is 16.4. The van der Waals surface area contributed by atoms with Crippen molar-refractivity contribution in [1.82, 2.24) is 19.9 Å². The Balaban J connectivity index is 1.66. The van der Waals surface area contributed by atoms with Gasteiger partial charge in [0.2, 0.25) is 0 Å². The van der Waals surface area contributed by atoms with Crippen LogP contribution in [-0.2, 0) is 11.2 Å². The summed E-state index contributed by atoms with van der Waals surface area (Å²) in [6.07, 6.45) is 7.67. The fourth-order valence-corrected chi connectivity index (χ4v) is 4.59. The molecule has 5 N–H and O–H groups in total. The molecule has 0 aliphatic carbocycles. The summed E-state index contributed by atoms with van der Waals surface area (Å²) in [5.74, 6) is -1.80. The van der Waals surface area contributed by atoms with Crippen molar-refractivity contribution in [3.05, 3.63) is 75.1 Å². The summed E-state index contributed by atoms with van der Waals surface area (Å²) < 4.78 is 1.26. The number of carboxylic acid groups (broad SMARTS) is 1. The maximum absolute atomic E-state index is 13.4. The summed E-state index contributed by atoms with van der Waals surface area (Å²) in [6, 6.07) is 5.42. The molecule has 10 nitrogen and oxygen atoms in total. The second-order valence-electron chi connectivity index (χ2n) is 8.79. The molecule has 0 bridgehead atoms. The van der Waals surface area contributed by atoms with Gasteiger partial charge < -0.3 is 21.5 Å². The van der Waals surface area contributed by atoms with Gasteiger partial charge >= 0.3 is 5.97 Å². The lowest BCUT2D eigenvalue weighted by molar-refractivity contribution is -0.136. The number of nitrogens with zero attached hydrogens (tertiary/aromatic N) is 3. The van der Waals surface area contributed by atoms with Gasteiger partial charge in [0, 0.05) is 12.2 Å². The molecular weight excluding hydrogens is 448 g/mol. The Bertz CT molecular complexity index is 1320. The SMILES string of the molecule is Cc1cc(CC(=O)O)cc(C)c1-n1cnc(N)c(C(=O)Nc2cncc([C@H]3CCCCN3)c2)c1=O. The number of pyridine rings is 1. The van der Waals surface area contributed by atoms with Crippen LogP contribution in [0.25, 0.3) is 5.69 Å². The van der Waals surface area contributed by atoms with E-state index in [1.807, 2.05) is 6.07 Å². The highest BCUT2D eigenvalue weighted by Gasteiger charge is 2.22. The molecule has 1 amide bonds. The number of nitrogens with one attached hydrogen (secondary N) is 2. The number of carbonyl (C=O) groups excluding carboxylic acids is 1. The van der Waals surface area contributed by atoms with Crippen LogP contribution in [0.3, 0.4) is 0 Å². The highest BCUT2D eigenvalue weighted by molar-refractivity contribution is 6.06. The average Bonchev–Trinajstić information content (AvgIpc) is 2.80. The molecule has 1 aliphatic rings. The molecule has 1 aliphatic heterocycles. The van der Waals surface area contributed by atoms with Gasteiger partial charge in [-0.2, -0.15) is 0 Å². The monoisotopic (exact) mass is 476 g/mol. The van der Waals surface area contributed by atoms with Crippen LogP contribution in [0, 0.1) is 13.8 Å². The zero-order valence-electron chi connectivity index (χ0n) is 19.7. The number of hydrogen-bond acceptors (Lipinski definition) is 7. The fourth-order valence-electron chi connectivity index (χ4n) is 4.59. The minimum absolute atomic E-state index is 0.131. The van der Waals surface area contributed by atoms with Crippen LogP contribution >= 0.6 is 0 Å². The molecule has 3 heterocycles. The minimum Gasteiger partial charge on any atom is -0.481 e. The average molecular weight is 477 g/mol. The maximum Gasteiger partial charge on any atom is 0.307 e. The van der Waals surface area contributed by atoms with E-state index >= 15 is 0 Å². The smallest absolute Gasteiger partial charge is 0.307 e. The number of hydrogen-bond donors (Lipinski definition) is 4. The van der Waals surface area contributed by atoms with E-state index in [1.54, 1.807) is 32.2 Å². The summed E-state index contributed by atoms with van der Waals surface area (Å²) in [5.41, 5.74) is 8.97. The predicted molar refractivity (Wildman–Crippen MR) is 132 cm³/mol. The summed E-state index contributed by atoms with van der Waals surface area (Å²) in [5, 5.41) is 15.3. The predicted octanol–water partition coefficient (Wildman–Crippen LogP) is 2.52. The van der Waals surface area contributed by atoms with Gasteiger partial charge in [0.1, 0.15) is 17.7 Å². The number of piperidine rings is 1. The molecule has 0 spiro atoms. The maximum atomic E-state index is 13.4. The zero-order valence-corrected chi connectivity index (χ0v) is 19.7. The molecule has 1 aromatic carbocycles. The van der Waals surface area contributed by atoms with E-state index in [1.165, 1.54) is 17.1 Å². The third-order valence-electron chi connectivity index (χ3n) is 6.11. The van der Waals surface area contributed by atoms with Gasteiger partial charge in [0.05, 0.1) is 24.0 Å². The van der Waals surface area contributed by atoms with E-state index in [-0.39, 0.29) is 23.8 Å². The second kappa shape index (κ2) is 10.1. The van der Waals surface area contributed by atoms with Gasteiger partial charge in [-0.25, -0.2) is 4.98 Å². The number of benzene rings is 1. The molecule has 1 saturated heterocycles. The highest BCUT2D eigenvalue weighted by Crippen LogP contribution is 2.25. The Hall–Kier alpha value is -4.05. The van der Waals surface area contributed by atoms with Crippen molar-refractivity contribution in [3.63, 3.8) is 0 Å². The Morgan fingerprint density at radius 2 is 1.94 bits per heavy atom. The van der Waals surface area contributed by atoms with Gasteiger partial charge in [-0.3, -0.25) is 23.9 Å². The van der Waals surface area contributed by atoms with Crippen LogP contribution in [0.2, 0.25) is 0 Å². The fraction of sp³-hybridized carbons (Fsp3) is 0.320. The first-order valence-corrected chi connectivity index (χ1v) is 11.4. The van der Waals surface area contributed by atoms with Crippen LogP contribution in [0.5, 0.6) is 0 Å². The van der Waals surface area contributed by atoms with Crippen LogP contribution in [0.4, 0.5) is 11.5 Å². The second-order valence-corrected chi connectivity index (χ2v) is 8.79. The number of rotatable bonds is 6. The lowest BCUT2D eigenvalue weighted by Gasteiger charge is -2.23. The molecule has 0 unspecified atom stereocenters. The standard InChI is InChI=1S/C25H28N6O4/c1-14-7-16(9-20(32)33)8-15(2)22(14)31-13-29-23(26)21(25(31)35)24(34)30-18-10-17(11-27-12-18)19-5-3-4-6-28-19/h7-8,10-13,19,28H,3-6,9,26H2,1-2H3,(H,30,34)(H,32,33)/t19-/m1/s1. The lowest BCUT2D eigenvalue weighted by atomic mass is 9.99. The van der Waals surface area contributed by atoms with Crippen molar-refractivity contribution in [3.8, 4) is 5.69 Å². The molecule has 182 valence electrons. The quantitative estimate of drug-likeness (QED) is 0.423. The number of anilines is 2. The number of nitrogen functional groups attached to an aromatic ring is 1. The number of aryl methyl sites for hydroxylation is 2. The summed E-state index contributed by atoms with van der Waals surface area (Å²) >= 11 is 0. The molecule has 0 saturated carbocycles. The molecule has 1 fully saturated rings. The summed E-state index contributed by atoms with van der Waals surface area (Å²) in [6.45, 7) is 4.47. The third kappa shape index (κ3) is 5.22. The van der Waals surface area contributed by atoms with Gasteiger partial charge in [-0.05, 0) is 61.6 Å². The van der Waals surface area contributed by atoms with E-state index < -0.39 is 17.4 Å². The molecule has 10 heteroatoms. The van der Waals surface area contributed by atoms with E-state index in [4.69, 9.17) is 10.8 Å². The van der Waals surface area contributed by atoms with Gasteiger partial charge in [-0.15, -0.1) is 0 Å². The molecule has 3 aromatic rings. The topological polar surface area (TPSA) is 152 Å². The van der Waals surface area contributed by atoms with Gasteiger partial charge in [0.15, 0.2) is 0 Å². The van der Waals surface area contributed by atoms with Crippen LogP contribution in [0.1, 0.15) is 57.9 Å². The van der Waals surface area contributed by atoms with Crippen molar-refractivity contribution in [2.45, 2.75) is 45.6 Å². The van der Waals surface area contributed by atoms with E-state index in [0.29, 0.717) is 28.1 Å². The number of amides is 1. The van der Waals surface area contributed by atoms with E-state index in [0.717, 1.165) is 31.4 Å². The van der Waals surface area contributed by atoms with Gasteiger partial charge in [0.25, 0.3) is 11.5 Å². The number of carboxylic acids is 1. The van der Waals surface area contributed by atoms with E-state index in [9.17, 15) is 14.4 Å². The lowest BCUT2D eigenvalue weighted by Crippen LogP contribution is -2.31. The Labute approximate surface area is 202 Å². The molecule has 0 radical (unpaired) electrons. The molecule has 4 rings (SSSR count). The third-order valence-corrected chi connectivity index (χ3v) is 6.11. The summed E-state index contributed by atoms with van der Waals surface area (Å²) in [7, 11) is 0. The minimum atomic E-state index is -0.945. The molecule has 1 atom stereocenters. The Morgan fingerprint density at radius 1 is 1.20 bits per heavy atom. The van der Waals surface area contributed by atoms with Crippen molar-refractivity contribution in [2.24, 2.45) is 0 Å². The molecular formula is C25H28N6O4. The number of carbonyl (C=O) groups is 2. The number of nitrogens with two attached hydrogens (primary N) is 1. The van der Waals surface area contributed by atoms with Crippen molar-refractivity contribution >= 4 is 23.4 Å². The zero-order chi connectivity index (χ0) is 25.1. The van der Waals surface area contributed by atoms with E-state index in [2.05, 4.69) is 20.6 Å².